The van der Waals surface area contributed by atoms with Gasteiger partial charge < -0.3 is 10.1 Å². The zero-order valence-corrected chi connectivity index (χ0v) is 15.7. The highest BCUT2D eigenvalue weighted by Gasteiger charge is 2.57. The van der Waals surface area contributed by atoms with Gasteiger partial charge in [-0.1, -0.05) is 13.8 Å². The van der Waals surface area contributed by atoms with Crippen LogP contribution in [-0.2, 0) is 4.74 Å². The first kappa shape index (κ1) is 17.1. The topological polar surface area (TPSA) is 38.3 Å². The van der Waals surface area contributed by atoms with Gasteiger partial charge in [0.05, 0.1) is 0 Å². The molecule has 1 N–H and O–H groups in total. The van der Waals surface area contributed by atoms with Gasteiger partial charge in [-0.2, -0.15) is 0 Å². The zero-order chi connectivity index (χ0) is 16.9. The monoisotopic (exact) mass is 321 g/mol. The lowest BCUT2D eigenvalue weighted by Crippen LogP contribution is -2.56. The van der Waals surface area contributed by atoms with Gasteiger partial charge in [0.25, 0.3) is 0 Å². The molecule has 4 aliphatic carbocycles. The van der Waals surface area contributed by atoms with Crippen molar-refractivity contribution in [2.45, 2.75) is 85.2 Å². The minimum atomic E-state index is -0.412. The third kappa shape index (κ3) is 3.85. The van der Waals surface area contributed by atoms with E-state index in [0.717, 1.165) is 24.3 Å². The van der Waals surface area contributed by atoms with E-state index in [4.69, 9.17) is 4.74 Å². The highest BCUT2D eigenvalue weighted by Crippen LogP contribution is 2.66. The zero-order valence-electron chi connectivity index (χ0n) is 15.7. The van der Waals surface area contributed by atoms with Crippen molar-refractivity contribution in [1.82, 2.24) is 5.32 Å². The van der Waals surface area contributed by atoms with E-state index >= 15 is 0 Å². The van der Waals surface area contributed by atoms with E-state index in [9.17, 15) is 4.79 Å². The van der Waals surface area contributed by atoms with E-state index in [0.29, 0.717) is 10.8 Å². The Bertz CT molecular complexity index is 443. The Labute approximate surface area is 141 Å². The van der Waals surface area contributed by atoms with E-state index in [1.165, 1.54) is 44.9 Å². The predicted molar refractivity (Wildman–Crippen MR) is 93.2 cm³/mol. The SMILES string of the molecule is CC(C)CC12CC3CC(CC(CNC(=O)OC(C)(C)C)(C3)C1)C2. The summed E-state index contributed by atoms with van der Waals surface area (Å²) in [5.41, 5.74) is 0.494. The number of carbonyl (C=O) groups excluding carboxylic acids is 1. The molecule has 3 nitrogen and oxygen atoms in total. The molecule has 2 unspecified atom stereocenters. The highest BCUT2D eigenvalue weighted by atomic mass is 16.6. The third-order valence-electron chi connectivity index (χ3n) is 6.15. The summed E-state index contributed by atoms with van der Waals surface area (Å²) < 4.78 is 5.44. The van der Waals surface area contributed by atoms with Crippen LogP contribution in [0.15, 0.2) is 0 Å². The van der Waals surface area contributed by atoms with Crippen molar-refractivity contribution in [3.63, 3.8) is 0 Å². The summed E-state index contributed by atoms with van der Waals surface area (Å²) in [7, 11) is 0. The Balaban J connectivity index is 1.66. The van der Waals surface area contributed by atoms with Gasteiger partial charge in [0.2, 0.25) is 0 Å². The second-order valence-corrected chi connectivity index (χ2v) is 10.4. The summed E-state index contributed by atoms with van der Waals surface area (Å²) in [6.45, 7) is 11.3. The van der Waals surface area contributed by atoms with E-state index in [2.05, 4.69) is 19.2 Å². The second kappa shape index (κ2) is 5.67. The molecule has 0 aromatic heterocycles. The molecule has 3 heteroatoms. The molecule has 4 rings (SSSR count). The van der Waals surface area contributed by atoms with Gasteiger partial charge in [0.1, 0.15) is 5.60 Å². The van der Waals surface area contributed by atoms with Gasteiger partial charge in [-0.15, -0.1) is 0 Å². The first-order valence-electron chi connectivity index (χ1n) is 9.56. The lowest BCUT2D eigenvalue weighted by Gasteiger charge is -2.63. The van der Waals surface area contributed by atoms with Crippen molar-refractivity contribution in [3.05, 3.63) is 0 Å². The van der Waals surface area contributed by atoms with Crippen LogP contribution in [-0.4, -0.2) is 18.2 Å². The molecule has 1 amide bonds. The molecule has 0 saturated heterocycles. The van der Waals surface area contributed by atoms with Crippen LogP contribution >= 0.6 is 0 Å². The number of carbonyl (C=O) groups is 1. The van der Waals surface area contributed by atoms with Crippen LogP contribution in [0, 0.1) is 28.6 Å². The number of hydrogen-bond acceptors (Lipinski definition) is 2. The number of hydrogen-bond donors (Lipinski definition) is 1. The molecular formula is C20H35NO2. The normalized spacial score (nSPS) is 38.9. The maximum Gasteiger partial charge on any atom is 0.407 e. The largest absolute Gasteiger partial charge is 0.444 e. The lowest BCUT2D eigenvalue weighted by atomic mass is 9.43. The van der Waals surface area contributed by atoms with Gasteiger partial charge in [0.15, 0.2) is 0 Å². The van der Waals surface area contributed by atoms with Crippen LogP contribution in [0.2, 0.25) is 0 Å². The molecule has 0 spiro atoms. The number of alkyl carbamates (subject to hydrolysis) is 1. The minimum absolute atomic E-state index is 0.244. The van der Waals surface area contributed by atoms with Crippen molar-refractivity contribution in [2.24, 2.45) is 28.6 Å². The van der Waals surface area contributed by atoms with Crippen LogP contribution in [0.4, 0.5) is 4.79 Å². The molecule has 4 fully saturated rings. The van der Waals surface area contributed by atoms with Gasteiger partial charge in [-0.25, -0.2) is 4.79 Å². The summed E-state index contributed by atoms with van der Waals surface area (Å²) in [4.78, 5) is 12.1. The fourth-order valence-electron chi connectivity index (χ4n) is 6.53. The standard InChI is InChI=1S/C20H35NO2/c1-14(2)7-19-8-15-6-16(9-19)11-20(10-15,12-19)13-21-17(22)23-18(3,4)5/h14-16H,6-13H2,1-5H3,(H,21,22). The first-order chi connectivity index (χ1) is 10.6. The summed E-state index contributed by atoms with van der Waals surface area (Å²) >= 11 is 0. The van der Waals surface area contributed by atoms with Crippen LogP contribution < -0.4 is 5.32 Å². The average Bonchev–Trinajstić information content (AvgIpc) is 2.31. The van der Waals surface area contributed by atoms with E-state index < -0.39 is 5.60 Å². The predicted octanol–water partition coefficient (Wildman–Crippen LogP) is 5.14. The van der Waals surface area contributed by atoms with Crippen molar-refractivity contribution in [3.8, 4) is 0 Å². The highest BCUT2D eigenvalue weighted by molar-refractivity contribution is 5.67. The molecule has 23 heavy (non-hydrogen) atoms. The quantitative estimate of drug-likeness (QED) is 0.778. The molecule has 4 aliphatic rings. The number of rotatable bonds is 4. The van der Waals surface area contributed by atoms with Crippen molar-refractivity contribution < 1.29 is 9.53 Å². The Morgan fingerprint density at radius 2 is 1.70 bits per heavy atom. The average molecular weight is 322 g/mol. The van der Waals surface area contributed by atoms with Gasteiger partial charge in [-0.05, 0) is 94.3 Å². The molecule has 0 aromatic carbocycles. The molecule has 4 saturated carbocycles. The van der Waals surface area contributed by atoms with Crippen molar-refractivity contribution in [1.29, 1.82) is 0 Å². The Morgan fingerprint density at radius 3 is 2.22 bits per heavy atom. The summed E-state index contributed by atoms with van der Waals surface area (Å²) in [5.74, 6) is 2.58. The number of amides is 1. The van der Waals surface area contributed by atoms with Crippen molar-refractivity contribution in [2.75, 3.05) is 6.54 Å². The third-order valence-corrected chi connectivity index (χ3v) is 6.15. The fourth-order valence-corrected chi connectivity index (χ4v) is 6.53. The van der Waals surface area contributed by atoms with Gasteiger partial charge >= 0.3 is 6.09 Å². The molecule has 0 aliphatic heterocycles. The Morgan fingerprint density at radius 1 is 1.13 bits per heavy atom. The van der Waals surface area contributed by atoms with Crippen LogP contribution in [0.25, 0.3) is 0 Å². The van der Waals surface area contributed by atoms with E-state index in [-0.39, 0.29) is 6.09 Å². The molecule has 4 bridgehead atoms. The van der Waals surface area contributed by atoms with Crippen molar-refractivity contribution >= 4 is 6.09 Å². The molecule has 0 aromatic rings. The molecule has 2 atom stereocenters. The summed E-state index contributed by atoms with van der Waals surface area (Å²) in [6, 6.07) is 0. The number of ether oxygens (including phenoxy) is 1. The molecular weight excluding hydrogens is 286 g/mol. The molecule has 132 valence electrons. The van der Waals surface area contributed by atoms with Gasteiger partial charge in [-0.3, -0.25) is 0 Å². The second-order valence-electron chi connectivity index (χ2n) is 10.4. The van der Waals surface area contributed by atoms with E-state index in [1.54, 1.807) is 0 Å². The maximum absolute atomic E-state index is 12.1. The fraction of sp³-hybridized carbons (Fsp3) is 0.950. The first-order valence-corrected chi connectivity index (χ1v) is 9.56. The smallest absolute Gasteiger partial charge is 0.407 e. The molecule has 0 heterocycles. The number of nitrogens with one attached hydrogen (secondary N) is 1. The maximum atomic E-state index is 12.1. The summed E-state index contributed by atoms with van der Waals surface area (Å²) in [5, 5.41) is 3.11. The lowest BCUT2D eigenvalue weighted by molar-refractivity contribution is -0.116. The van der Waals surface area contributed by atoms with Crippen LogP contribution in [0.1, 0.15) is 79.6 Å². The van der Waals surface area contributed by atoms with Gasteiger partial charge in [0, 0.05) is 6.54 Å². The summed E-state index contributed by atoms with van der Waals surface area (Å²) in [6.07, 6.45) is 9.40. The van der Waals surface area contributed by atoms with E-state index in [1.807, 2.05) is 20.8 Å². The van der Waals surface area contributed by atoms with Crippen LogP contribution in [0.3, 0.4) is 0 Å². The Hall–Kier alpha value is -0.730. The Kier molecular flexibility index (Phi) is 4.21. The molecule has 0 radical (unpaired) electrons. The van der Waals surface area contributed by atoms with Crippen LogP contribution in [0.5, 0.6) is 0 Å². The minimum Gasteiger partial charge on any atom is -0.444 e.